The monoisotopic (exact) mass is 291 g/mol. The van der Waals surface area contributed by atoms with Crippen LogP contribution in [0.3, 0.4) is 0 Å². The van der Waals surface area contributed by atoms with Gasteiger partial charge in [-0.25, -0.2) is 9.97 Å². The van der Waals surface area contributed by atoms with E-state index in [-0.39, 0.29) is 6.04 Å². The van der Waals surface area contributed by atoms with Crippen molar-refractivity contribution in [1.29, 1.82) is 0 Å². The highest BCUT2D eigenvalue weighted by Gasteiger charge is 2.08. The maximum absolute atomic E-state index is 4.20. The Morgan fingerprint density at radius 2 is 1.82 bits per heavy atom. The number of aryl methyl sites for hydroxylation is 1. The largest absolute Gasteiger partial charge is 0.348 e. The Morgan fingerprint density at radius 3 is 2.47 bits per heavy atom. The van der Waals surface area contributed by atoms with Gasteiger partial charge in [-0.15, -0.1) is 0 Å². The summed E-state index contributed by atoms with van der Waals surface area (Å²) in [6, 6.07) is 8.50. The summed E-state index contributed by atoms with van der Waals surface area (Å²) in [6.07, 6.45) is 3.47. The number of hydrogen-bond donors (Lipinski definition) is 1. The second-order valence-corrected chi connectivity index (χ2v) is 4.86. The molecule has 1 N–H and O–H groups in total. The Bertz CT molecular complexity index is 496. The lowest BCUT2D eigenvalue weighted by atomic mass is 10.0. The summed E-state index contributed by atoms with van der Waals surface area (Å²) in [4.78, 5) is 8.41. The van der Waals surface area contributed by atoms with Gasteiger partial charge in [-0.2, -0.15) is 0 Å². The lowest BCUT2D eigenvalue weighted by Crippen LogP contribution is -2.10. The Labute approximate surface area is 109 Å². The molecule has 0 saturated carbocycles. The van der Waals surface area contributed by atoms with E-state index in [1.54, 1.807) is 12.4 Å². The fraction of sp³-hybridized carbons (Fsp3) is 0.231. The molecule has 0 saturated heterocycles. The number of benzene rings is 1. The van der Waals surface area contributed by atoms with Crippen molar-refractivity contribution in [2.75, 3.05) is 5.32 Å². The van der Waals surface area contributed by atoms with Crippen LogP contribution in [0, 0.1) is 6.92 Å². The fourth-order valence-electron chi connectivity index (χ4n) is 1.73. The first-order valence-electron chi connectivity index (χ1n) is 5.46. The topological polar surface area (TPSA) is 37.8 Å². The van der Waals surface area contributed by atoms with Crippen molar-refractivity contribution in [2.24, 2.45) is 0 Å². The van der Waals surface area contributed by atoms with Gasteiger partial charge in [0.05, 0.1) is 10.5 Å². The van der Waals surface area contributed by atoms with Crippen LogP contribution in [0.15, 0.2) is 41.1 Å². The van der Waals surface area contributed by atoms with Gasteiger partial charge in [0.15, 0.2) is 0 Å². The molecule has 1 unspecified atom stereocenters. The molecule has 0 aliphatic rings. The molecular weight excluding hydrogens is 278 g/mol. The van der Waals surface area contributed by atoms with Gasteiger partial charge in [0.25, 0.3) is 0 Å². The van der Waals surface area contributed by atoms with Crippen molar-refractivity contribution >= 4 is 21.9 Å². The van der Waals surface area contributed by atoms with Gasteiger partial charge >= 0.3 is 0 Å². The van der Waals surface area contributed by atoms with Crippen LogP contribution in [-0.2, 0) is 0 Å². The zero-order valence-electron chi connectivity index (χ0n) is 9.81. The number of halogens is 1. The van der Waals surface area contributed by atoms with Crippen molar-refractivity contribution in [3.63, 3.8) is 0 Å². The van der Waals surface area contributed by atoms with Crippen LogP contribution in [0.2, 0.25) is 0 Å². The summed E-state index contributed by atoms with van der Waals surface area (Å²) in [6.45, 7) is 4.21. The molecule has 88 valence electrons. The molecular formula is C13H14BrN3. The molecule has 0 aliphatic carbocycles. The minimum atomic E-state index is 0.192. The smallest absolute Gasteiger partial charge is 0.223 e. The van der Waals surface area contributed by atoms with Gasteiger partial charge in [-0.1, -0.05) is 24.3 Å². The van der Waals surface area contributed by atoms with E-state index < -0.39 is 0 Å². The highest BCUT2D eigenvalue weighted by molar-refractivity contribution is 9.10. The van der Waals surface area contributed by atoms with E-state index in [2.05, 4.69) is 57.2 Å². The van der Waals surface area contributed by atoms with Gasteiger partial charge in [0, 0.05) is 12.4 Å². The number of anilines is 1. The molecule has 4 heteroatoms. The second kappa shape index (κ2) is 5.27. The van der Waals surface area contributed by atoms with Crippen molar-refractivity contribution in [3.8, 4) is 0 Å². The van der Waals surface area contributed by atoms with Crippen LogP contribution in [0.5, 0.6) is 0 Å². The summed E-state index contributed by atoms with van der Waals surface area (Å²) in [5.41, 5.74) is 2.53. The fourth-order valence-corrected chi connectivity index (χ4v) is 1.94. The third-order valence-electron chi connectivity index (χ3n) is 2.62. The van der Waals surface area contributed by atoms with Crippen LogP contribution in [-0.4, -0.2) is 9.97 Å². The SMILES string of the molecule is Cc1ccccc1C(C)Nc1ncc(Br)cn1. The molecule has 2 rings (SSSR count). The molecule has 1 aromatic heterocycles. The molecule has 0 spiro atoms. The summed E-state index contributed by atoms with van der Waals surface area (Å²) >= 11 is 3.32. The third-order valence-corrected chi connectivity index (χ3v) is 3.03. The van der Waals surface area contributed by atoms with Gasteiger partial charge < -0.3 is 5.32 Å². The minimum absolute atomic E-state index is 0.192. The molecule has 0 aliphatic heterocycles. The predicted octanol–water partition coefficient (Wildman–Crippen LogP) is 3.72. The first-order valence-corrected chi connectivity index (χ1v) is 6.25. The number of rotatable bonds is 3. The Balaban J connectivity index is 2.14. The molecule has 2 aromatic rings. The van der Waals surface area contributed by atoms with Crippen molar-refractivity contribution < 1.29 is 0 Å². The van der Waals surface area contributed by atoms with Crippen LogP contribution in [0.25, 0.3) is 0 Å². The van der Waals surface area contributed by atoms with Crippen LogP contribution >= 0.6 is 15.9 Å². The van der Waals surface area contributed by atoms with Crippen molar-refractivity contribution in [1.82, 2.24) is 9.97 Å². The Kier molecular flexibility index (Phi) is 3.74. The molecule has 0 fully saturated rings. The quantitative estimate of drug-likeness (QED) is 0.937. The van der Waals surface area contributed by atoms with Gasteiger partial charge in [-0.05, 0) is 40.9 Å². The van der Waals surface area contributed by atoms with E-state index in [0.29, 0.717) is 5.95 Å². The van der Waals surface area contributed by atoms with Gasteiger partial charge in [0.2, 0.25) is 5.95 Å². The van der Waals surface area contributed by atoms with E-state index >= 15 is 0 Å². The molecule has 3 nitrogen and oxygen atoms in total. The average Bonchev–Trinajstić information content (AvgIpc) is 2.32. The molecule has 0 amide bonds. The van der Waals surface area contributed by atoms with E-state index in [0.717, 1.165) is 4.47 Å². The predicted molar refractivity (Wildman–Crippen MR) is 72.9 cm³/mol. The van der Waals surface area contributed by atoms with E-state index in [1.165, 1.54) is 11.1 Å². The van der Waals surface area contributed by atoms with E-state index in [9.17, 15) is 0 Å². The first-order chi connectivity index (χ1) is 8.16. The summed E-state index contributed by atoms with van der Waals surface area (Å²) < 4.78 is 0.881. The number of nitrogens with zero attached hydrogens (tertiary/aromatic N) is 2. The molecule has 1 atom stereocenters. The summed E-state index contributed by atoms with van der Waals surface area (Å²) in [5.74, 6) is 0.643. The highest BCUT2D eigenvalue weighted by Crippen LogP contribution is 2.20. The van der Waals surface area contributed by atoms with E-state index in [1.807, 2.05) is 12.1 Å². The molecule has 1 aromatic carbocycles. The summed E-state index contributed by atoms with van der Waals surface area (Å²) in [5, 5.41) is 3.28. The minimum Gasteiger partial charge on any atom is -0.348 e. The second-order valence-electron chi connectivity index (χ2n) is 3.95. The lowest BCUT2D eigenvalue weighted by Gasteiger charge is -2.16. The normalized spacial score (nSPS) is 12.2. The zero-order chi connectivity index (χ0) is 12.3. The molecule has 1 heterocycles. The number of nitrogens with one attached hydrogen (secondary N) is 1. The Morgan fingerprint density at radius 1 is 1.18 bits per heavy atom. The van der Waals surface area contributed by atoms with Gasteiger partial charge in [-0.3, -0.25) is 0 Å². The van der Waals surface area contributed by atoms with E-state index in [4.69, 9.17) is 0 Å². The van der Waals surface area contributed by atoms with Crippen LogP contribution < -0.4 is 5.32 Å². The first kappa shape index (κ1) is 12.0. The lowest BCUT2D eigenvalue weighted by molar-refractivity contribution is 0.851. The molecule has 17 heavy (non-hydrogen) atoms. The van der Waals surface area contributed by atoms with Crippen LogP contribution in [0.4, 0.5) is 5.95 Å². The summed E-state index contributed by atoms with van der Waals surface area (Å²) in [7, 11) is 0. The maximum Gasteiger partial charge on any atom is 0.223 e. The molecule has 0 bridgehead atoms. The number of hydrogen-bond acceptors (Lipinski definition) is 3. The molecule has 0 radical (unpaired) electrons. The average molecular weight is 292 g/mol. The van der Waals surface area contributed by atoms with Crippen LogP contribution in [0.1, 0.15) is 24.1 Å². The zero-order valence-corrected chi connectivity index (χ0v) is 11.4. The van der Waals surface area contributed by atoms with Crippen molar-refractivity contribution in [2.45, 2.75) is 19.9 Å². The standard InChI is InChI=1S/C13H14BrN3/c1-9-5-3-4-6-12(9)10(2)17-13-15-7-11(14)8-16-13/h3-8,10H,1-2H3,(H,15,16,17). The van der Waals surface area contributed by atoms with Gasteiger partial charge in [0.1, 0.15) is 0 Å². The highest BCUT2D eigenvalue weighted by atomic mass is 79.9. The maximum atomic E-state index is 4.20. The van der Waals surface area contributed by atoms with Crippen molar-refractivity contribution in [3.05, 3.63) is 52.3 Å². The Hall–Kier alpha value is -1.42. The number of aromatic nitrogens is 2. The third kappa shape index (κ3) is 3.03.